The molecule has 2 N–H and O–H groups in total. The summed E-state index contributed by atoms with van der Waals surface area (Å²) >= 11 is 0. The lowest BCUT2D eigenvalue weighted by Gasteiger charge is -2.24. The highest BCUT2D eigenvalue weighted by atomic mass is 16.2. The number of nitrogens with zero attached hydrogens (tertiary/aromatic N) is 2. The first-order valence-electron chi connectivity index (χ1n) is 7.04. The van der Waals surface area contributed by atoms with Gasteiger partial charge in [0.1, 0.15) is 0 Å². The number of likely N-dealkylation sites (N-methyl/N-ethyl adjacent to an activating group) is 1. The Labute approximate surface area is 115 Å². The van der Waals surface area contributed by atoms with Crippen LogP contribution < -0.4 is 5.73 Å². The van der Waals surface area contributed by atoms with Crippen LogP contribution in [0.25, 0.3) is 0 Å². The SMILES string of the molecule is CCN(CC(=O)N1CCCC1)Cc1ccccc1N. The lowest BCUT2D eigenvalue weighted by molar-refractivity contribution is -0.131. The van der Waals surface area contributed by atoms with Crippen LogP contribution >= 0.6 is 0 Å². The summed E-state index contributed by atoms with van der Waals surface area (Å²) in [5, 5.41) is 0. The first kappa shape index (κ1) is 13.9. The number of carbonyl (C=O) groups is 1. The third-order valence-electron chi connectivity index (χ3n) is 3.71. The number of amides is 1. The molecule has 1 fully saturated rings. The van der Waals surface area contributed by atoms with Crippen LogP contribution in [-0.4, -0.2) is 41.9 Å². The van der Waals surface area contributed by atoms with Crippen LogP contribution in [0.2, 0.25) is 0 Å². The Morgan fingerprint density at radius 1 is 1.32 bits per heavy atom. The zero-order chi connectivity index (χ0) is 13.7. The van der Waals surface area contributed by atoms with E-state index in [2.05, 4.69) is 11.8 Å². The first-order chi connectivity index (χ1) is 9.20. The minimum absolute atomic E-state index is 0.244. The molecule has 0 bridgehead atoms. The van der Waals surface area contributed by atoms with Crippen molar-refractivity contribution in [2.45, 2.75) is 26.3 Å². The van der Waals surface area contributed by atoms with E-state index in [4.69, 9.17) is 5.73 Å². The molecule has 1 aromatic carbocycles. The third kappa shape index (κ3) is 3.70. The summed E-state index contributed by atoms with van der Waals surface area (Å²) in [6.07, 6.45) is 2.28. The van der Waals surface area contributed by atoms with Crippen LogP contribution in [0.15, 0.2) is 24.3 Å². The van der Waals surface area contributed by atoms with Crippen molar-refractivity contribution in [3.8, 4) is 0 Å². The average Bonchev–Trinajstić information content (AvgIpc) is 2.94. The summed E-state index contributed by atoms with van der Waals surface area (Å²) in [7, 11) is 0. The minimum Gasteiger partial charge on any atom is -0.398 e. The number of nitrogens with two attached hydrogens (primary N) is 1. The third-order valence-corrected chi connectivity index (χ3v) is 3.71. The van der Waals surface area contributed by atoms with E-state index in [1.165, 1.54) is 0 Å². The predicted octanol–water partition coefficient (Wildman–Crippen LogP) is 1.71. The summed E-state index contributed by atoms with van der Waals surface area (Å²) in [6, 6.07) is 7.86. The van der Waals surface area contributed by atoms with Gasteiger partial charge in [-0.15, -0.1) is 0 Å². The highest BCUT2D eigenvalue weighted by Gasteiger charge is 2.20. The van der Waals surface area contributed by atoms with Crippen LogP contribution in [0.1, 0.15) is 25.3 Å². The van der Waals surface area contributed by atoms with E-state index in [9.17, 15) is 4.79 Å². The number of benzene rings is 1. The minimum atomic E-state index is 0.244. The Bertz CT molecular complexity index is 427. The maximum absolute atomic E-state index is 12.1. The number of anilines is 1. The van der Waals surface area contributed by atoms with Gasteiger partial charge in [-0.05, 0) is 31.0 Å². The fraction of sp³-hybridized carbons (Fsp3) is 0.533. The van der Waals surface area contributed by atoms with Gasteiger partial charge in [0.05, 0.1) is 6.54 Å². The van der Waals surface area contributed by atoms with Crippen LogP contribution in [-0.2, 0) is 11.3 Å². The molecule has 0 saturated carbocycles. The number of hydrogen-bond donors (Lipinski definition) is 1. The molecule has 0 spiro atoms. The summed E-state index contributed by atoms with van der Waals surface area (Å²) in [5.74, 6) is 0.244. The molecule has 4 heteroatoms. The average molecular weight is 261 g/mol. The molecule has 1 saturated heterocycles. The largest absolute Gasteiger partial charge is 0.398 e. The van der Waals surface area contributed by atoms with Crippen molar-refractivity contribution < 1.29 is 4.79 Å². The van der Waals surface area contributed by atoms with Gasteiger partial charge in [0.15, 0.2) is 0 Å². The van der Waals surface area contributed by atoms with Crippen molar-refractivity contribution in [1.82, 2.24) is 9.80 Å². The van der Waals surface area contributed by atoms with Crippen molar-refractivity contribution in [1.29, 1.82) is 0 Å². The highest BCUT2D eigenvalue weighted by Crippen LogP contribution is 2.14. The van der Waals surface area contributed by atoms with Crippen LogP contribution in [0.4, 0.5) is 5.69 Å². The van der Waals surface area contributed by atoms with E-state index in [0.717, 1.165) is 50.3 Å². The lowest BCUT2D eigenvalue weighted by Crippen LogP contribution is -2.38. The predicted molar refractivity (Wildman–Crippen MR) is 77.6 cm³/mol. The van der Waals surface area contributed by atoms with Gasteiger partial charge in [0.2, 0.25) is 5.91 Å². The maximum Gasteiger partial charge on any atom is 0.236 e. The number of para-hydroxylation sites is 1. The number of nitrogen functional groups attached to an aromatic ring is 1. The van der Waals surface area contributed by atoms with Gasteiger partial charge in [0, 0.05) is 25.3 Å². The summed E-state index contributed by atoms with van der Waals surface area (Å²) in [5.41, 5.74) is 7.85. The van der Waals surface area contributed by atoms with Crippen LogP contribution in [0.3, 0.4) is 0 Å². The molecular formula is C15H23N3O. The Kier molecular flexibility index (Phi) is 4.80. The van der Waals surface area contributed by atoms with Crippen molar-refractivity contribution >= 4 is 11.6 Å². The normalized spacial score (nSPS) is 15.2. The van der Waals surface area contributed by atoms with Crippen molar-refractivity contribution in [3.05, 3.63) is 29.8 Å². The van der Waals surface area contributed by atoms with Crippen LogP contribution in [0.5, 0.6) is 0 Å². The molecule has 4 nitrogen and oxygen atoms in total. The fourth-order valence-corrected chi connectivity index (χ4v) is 2.46. The Morgan fingerprint density at radius 2 is 2.00 bits per heavy atom. The van der Waals surface area contributed by atoms with Gasteiger partial charge >= 0.3 is 0 Å². The molecule has 1 aliphatic rings. The molecule has 0 atom stereocenters. The van der Waals surface area contributed by atoms with E-state index >= 15 is 0 Å². The van der Waals surface area contributed by atoms with Crippen molar-refractivity contribution in [3.63, 3.8) is 0 Å². The molecule has 0 aromatic heterocycles. The Morgan fingerprint density at radius 3 is 2.63 bits per heavy atom. The van der Waals surface area contributed by atoms with Crippen molar-refractivity contribution in [2.24, 2.45) is 0 Å². The molecule has 1 aliphatic heterocycles. The number of rotatable bonds is 5. The smallest absolute Gasteiger partial charge is 0.236 e. The van der Waals surface area contributed by atoms with E-state index in [1.807, 2.05) is 29.2 Å². The van der Waals surface area contributed by atoms with Gasteiger partial charge in [-0.25, -0.2) is 0 Å². The van der Waals surface area contributed by atoms with E-state index < -0.39 is 0 Å². The number of hydrogen-bond acceptors (Lipinski definition) is 3. The zero-order valence-electron chi connectivity index (χ0n) is 11.6. The molecule has 0 radical (unpaired) electrons. The fourth-order valence-electron chi connectivity index (χ4n) is 2.46. The number of carbonyl (C=O) groups excluding carboxylic acids is 1. The van der Waals surface area contributed by atoms with E-state index in [-0.39, 0.29) is 5.91 Å². The highest BCUT2D eigenvalue weighted by molar-refractivity contribution is 5.78. The molecular weight excluding hydrogens is 238 g/mol. The maximum atomic E-state index is 12.1. The molecule has 104 valence electrons. The van der Waals surface area contributed by atoms with Gasteiger partial charge in [-0.3, -0.25) is 9.69 Å². The van der Waals surface area contributed by atoms with Gasteiger partial charge in [-0.2, -0.15) is 0 Å². The van der Waals surface area contributed by atoms with E-state index in [0.29, 0.717) is 6.54 Å². The van der Waals surface area contributed by atoms with Gasteiger partial charge in [0.25, 0.3) is 0 Å². The van der Waals surface area contributed by atoms with E-state index in [1.54, 1.807) is 0 Å². The summed E-state index contributed by atoms with van der Waals surface area (Å²) in [6.45, 7) is 6.01. The molecule has 19 heavy (non-hydrogen) atoms. The molecule has 0 unspecified atom stereocenters. The Balaban J connectivity index is 1.93. The molecule has 0 aliphatic carbocycles. The molecule has 1 heterocycles. The quantitative estimate of drug-likeness (QED) is 0.821. The number of likely N-dealkylation sites (tertiary alicyclic amines) is 1. The first-order valence-corrected chi connectivity index (χ1v) is 7.04. The molecule has 1 aromatic rings. The second kappa shape index (κ2) is 6.57. The summed E-state index contributed by atoms with van der Waals surface area (Å²) < 4.78 is 0. The zero-order valence-corrected chi connectivity index (χ0v) is 11.6. The second-order valence-electron chi connectivity index (χ2n) is 5.09. The van der Waals surface area contributed by atoms with Gasteiger partial charge < -0.3 is 10.6 Å². The Hall–Kier alpha value is -1.55. The molecule has 1 amide bonds. The topological polar surface area (TPSA) is 49.6 Å². The molecule has 2 rings (SSSR count). The standard InChI is InChI=1S/C15H23N3O/c1-2-17(11-13-7-3-4-8-14(13)16)12-15(19)18-9-5-6-10-18/h3-4,7-8H,2,5-6,9-12,16H2,1H3. The lowest BCUT2D eigenvalue weighted by atomic mass is 10.1. The monoisotopic (exact) mass is 261 g/mol. The van der Waals surface area contributed by atoms with Crippen molar-refractivity contribution in [2.75, 3.05) is 31.9 Å². The summed E-state index contributed by atoms with van der Waals surface area (Å²) in [4.78, 5) is 16.3. The van der Waals surface area contributed by atoms with Crippen LogP contribution in [0, 0.1) is 0 Å². The van der Waals surface area contributed by atoms with Gasteiger partial charge in [-0.1, -0.05) is 25.1 Å². The second-order valence-corrected chi connectivity index (χ2v) is 5.09.